The molecule has 0 saturated heterocycles. The second kappa shape index (κ2) is 5.98. The molecule has 0 aliphatic heterocycles. The van der Waals surface area contributed by atoms with Gasteiger partial charge in [-0.15, -0.1) is 0 Å². The van der Waals surface area contributed by atoms with Crippen molar-refractivity contribution in [2.75, 3.05) is 20.3 Å². The van der Waals surface area contributed by atoms with Crippen LogP contribution in [0.4, 0.5) is 0 Å². The van der Waals surface area contributed by atoms with Crippen molar-refractivity contribution in [3.05, 3.63) is 35.4 Å². The number of esters is 1. The minimum absolute atomic E-state index is 0.174. The number of rotatable bonds is 6. The number of carbonyl (C=O) groups is 1. The van der Waals surface area contributed by atoms with E-state index in [-0.39, 0.29) is 12.6 Å². The fourth-order valence-corrected chi connectivity index (χ4v) is 2.11. The number of ether oxygens (including phenoxy) is 1. The summed E-state index contributed by atoms with van der Waals surface area (Å²) in [5, 5.41) is 9.06. The molecule has 1 aromatic carbocycles. The Morgan fingerprint density at radius 2 is 2.28 bits per heavy atom. The van der Waals surface area contributed by atoms with E-state index in [2.05, 4.69) is 4.90 Å². The molecule has 0 aromatic heterocycles. The van der Waals surface area contributed by atoms with E-state index in [1.807, 2.05) is 18.2 Å². The van der Waals surface area contributed by atoms with Gasteiger partial charge in [-0.1, -0.05) is 12.1 Å². The van der Waals surface area contributed by atoms with Crippen LogP contribution >= 0.6 is 0 Å². The molecule has 0 unspecified atom stereocenters. The van der Waals surface area contributed by atoms with Gasteiger partial charge in [0.15, 0.2) is 0 Å². The van der Waals surface area contributed by atoms with E-state index in [0.29, 0.717) is 18.2 Å². The standard InChI is InChI=1S/C14H19NO3/c1-18-14(17)12-4-2-3-11(9-12)10-15(7-8-16)13-5-6-13/h2-4,9,13,16H,5-8,10H2,1H3. The van der Waals surface area contributed by atoms with Crippen LogP contribution in [-0.4, -0.2) is 42.3 Å². The van der Waals surface area contributed by atoms with E-state index in [0.717, 1.165) is 12.1 Å². The highest BCUT2D eigenvalue weighted by Gasteiger charge is 2.28. The molecule has 0 bridgehead atoms. The van der Waals surface area contributed by atoms with Gasteiger partial charge in [-0.25, -0.2) is 4.79 Å². The van der Waals surface area contributed by atoms with Gasteiger partial charge in [0.2, 0.25) is 0 Å². The van der Waals surface area contributed by atoms with Gasteiger partial charge >= 0.3 is 5.97 Å². The lowest BCUT2D eigenvalue weighted by Crippen LogP contribution is -2.28. The Kier molecular flexibility index (Phi) is 4.33. The molecule has 1 aliphatic rings. The van der Waals surface area contributed by atoms with Crippen molar-refractivity contribution >= 4 is 5.97 Å². The smallest absolute Gasteiger partial charge is 0.337 e. The van der Waals surface area contributed by atoms with Crippen LogP contribution in [0.25, 0.3) is 0 Å². The van der Waals surface area contributed by atoms with Crippen molar-refractivity contribution in [1.29, 1.82) is 0 Å². The maximum Gasteiger partial charge on any atom is 0.337 e. The Morgan fingerprint density at radius 1 is 1.50 bits per heavy atom. The average Bonchev–Trinajstić information content (AvgIpc) is 3.22. The Labute approximate surface area is 107 Å². The Morgan fingerprint density at radius 3 is 2.89 bits per heavy atom. The van der Waals surface area contributed by atoms with Crippen molar-refractivity contribution in [2.45, 2.75) is 25.4 Å². The van der Waals surface area contributed by atoms with Gasteiger partial charge in [-0.3, -0.25) is 4.90 Å². The highest BCUT2D eigenvalue weighted by molar-refractivity contribution is 5.89. The van der Waals surface area contributed by atoms with Crippen LogP contribution in [0.2, 0.25) is 0 Å². The van der Waals surface area contributed by atoms with Gasteiger partial charge in [0, 0.05) is 19.1 Å². The predicted molar refractivity (Wildman–Crippen MR) is 68.3 cm³/mol. The Balaban J connectivity index is 2.05. The normalized spacial score (nSPS) is 14.8. The molecule has 0 amide bonds. The minimum atomic E-state index is -0.308. The fourth-order valence-electron chi connectivity index (χ4n) is 2.11. The number of nitrogens with zero attached hydrogens (tertiary/aromatic N) is 1. The minimum Gasteiger partial charge on any atom is -0.465 e. The number of hydrogen-bond acceptors (Lipinski definition) is 4. The number of aliphatic hydroxyl groups is 1. The summed E-state index contributed by atoms with van der Waals surface area (Å²) in [5.41, 5.74) is 1.66. The van der Waals surface area contributed by atoms with Crippen LogP contribution < -0.4 is 0 Å². The molecule has 0 spiro atoms. The van der Waals surface area contributed by atoms with Crippen LogP contribution in [0.1, 0.15) is 28.8 Å². The van der Waals surface area contributed by atoms with Crippen LogP contribution in [0.5, 0.6) is 0 Å². The summed E-state index contributed by atoms with van der Waals surface area (Å²) in [6.45, 7) is 1.64. The number of carbonyl (C=O) groups excluding carboxylic acids is 1. The zero-order valence-electron chi connectivity index (χ0n) is 10.6. The lowest BCUT2D eigenvalue weighted by atomic mass is 10.1. The fraction of sp³-hybridized carbons (Fsp3) is 0.500. The Bertz CT molecular complexity index is 415. The first-order valence-electron chi connectivity index (χ1n) is 6.26. The second-order valence-electron chi connectivity index (χ2n) is 4.62. The van der Waals surface area contributed by atoms with E-state index in [9.17, 15) is 4.79 Å². The molecule has 4 nitrogen and oxygen atoms in total. The van der Waals surface area contributed by atoms with Crippen molar-refractivity contribution in [3.8, 4) is 0 Å². The summed E-state index contributed by atoms with van der Waals surface area (Å²) in [7, 11) is 1.39. The summed E-state index contributed by atoms with van der Waals surface area (Å²) in [4.78, 5) is 13.7. The molecular formula is C14H19NO3. The number of hydrogen-bond donors (Lipinski definition) is 1. The third-order valence-corrected chi connectivity index (χ3v) is 3.18. The SMILES string of the molecule is COC(=O)c1cccc(CN(CCO)C2CC2)c1. The molecular weight excluding hydrogens is 230 g/mol. The maximum atomic E-state index is 11.4. The van der Waals surface area contributed by atoms with Gasteiger partial charge < -0.3 is 9.84 Å². The predicted octanol–water partition coefficient (Wildman–Crippen LogP) is 1.43. The van der Waals surface area contributed by atoms with Gasteiger partial charge in [0.1, 0.15) is 0 Å². The molecule has 1 aliphatic carbocycles. The zero-order chi connectivity index (χ0) is 13.0. The largest absolute Gasteiger partial charge is 0.465 e. The quantitative estimate of drug-likeness (QED) is 0.775. The van der Waals surface area contributed by atoms with E-state index in [1.54, 1.807) is 6.07 Å². The average molecular weight is 249 g/mol. The van der Waals surface area contributed by atoms with Crippen LogP contribution in [0, 0.1) is 0 Å². The lowest BCUT2D eigenvalue weighted by molar-refractivity contribution is 0.0600. The molecule has 4 heteroatoms. The maximum absolute atomic E-state index is 11.4. The van der Waals surface area contributed by atoms with Crippen molar-refractivity contribution in [2.24, 2.45) is 0 Å². The first-order valence-corrected chi connectivity index (χ1v) is 6.26. The highest BCUT2D eigenvalue weighted by Crippen LogP contribution is 2.28. The number of methoxy groups -OCH3 is 1. The molecule has 2 rings (SSSR count). The zero-order valence-corrected chi connectivity index (χ0v) is 10.6. The summed E-state index contributed by atoms with van der Waals surface area (Å²) >= 11 is 0. The van der Waals surface area contributed by atoms with E-state index < -0.39 is 0 Å². The molecule has 1 fully saturated rings. The molecule has 0 radical (unpaired) electrons. The Hall–Kier alpha value is -1.39. The summed E-state index contributed by atoms with van der Waals surface area (Å²) in [6, 6.07) is 8.07. The summed E-state index contributed by atoms with van der Waals surface area (Å²) in [5.74, 6) is -0.308. The molecule has 1 saturated carbocycles. The molecule has 98 valence electrons. The van der Waals surface area contributed by atoms with Crippen molar-refractivity contribution in [3.63, 3.8) is 0 Å². The van der Waals surface area contributed by atoms with E-state index in [1.165, 1.54) is 20.0 Å². The van der Waals surface area contributed by atoms with Gasteiger partial charge in [-0.05, 0) is 30.5 Å². The van der Waals surface area contributed by atoms with Crippen LogP contribution in [0.15, 0.2) is 24.3 Å². The first-order chi connectivity index (χ1) is 8.74. The topological polar surface area (TPSA) is 49.8 Å². The summed E-state index contributed by atoms with van der Waals surface area (Å²) in [6.07, 6.45) is 2.41. The van der Waals surface area contributed by atoms with Crippen molar-refractivity contribution in [1.82, 2.24) is 4.90 Å². The number of benzene rings is 1. The molecule has 0 atom stereocenters. The second-order valence-corrected chi connectivity index (χ2v) is 4.62. The van der Waals surface area contributed by atoms with Crippen LogP contribution in [-0.2, 0) is 11.3 Å². The highest BCUT2D eigenvalue weighted by atomic mass is 16.5. The van der Waals surface area contributed by atoms with Gasteiger partial charge in [-0.2, -0.15) is 0 Å². The molecule has 1 N–H and O–H groups in total. The third-order valence-electron chi connectivity index (χ3n) is 3.18. The lowest BCUT2D eigenvalue weighted by Gasteiger charge is -2.21. The monoisotopic (exact) mass is 249 g/mol. The molecule has 18 heavy (non-hydrogen) atoms. The molecule has 0 heterocycles. The van der Waals surface area contributed by atoms with Crippen LogP contribution in [0.3, 0.4) is 0 Å². The number of aliphatic hydroxyl groups excluding tert-OH is 1. The van der Waals surface area contributed by atoms with E-state index in [4.69, 9.17) is 9.84 Å². The van der Waals surface area contributed by atoms with Gasteiger partial charge in [0.05, 0.1) is 19.3 Å². The van der Waals surface area contributed by atoms with Gasteiger partial charge in [0.25, 0.3) is 0 Å². The van der Waals surface area contributed by atoms with Crippen molar-refractivity contribution < 1.29 is 14.6 Å². The molecule has 1 aromatic rings. The van der Waals surface area contributed by atoms with E-state index >= 15 is 0 Å². The third kappa shape index (κ3) is 3.31. The summed E-state index contributed by atoms with van der Waals surface area (Å²) < 4.78 is 4.71. The first kappa shape index (κ1) is 13.1.